The molecule has 0 heterocycles. The average Bonchev–Trinajstić information content (AvgIpc) is 1.66. The predicted molar refractivity (Wildman–Crippen MR) is 36.9 cm³/mol. The van der Waals surface area contributed by atoms with Gasteiger partial charge in [0.05, 0.1) is 5.16 Å². The third kappa shape index (κ3) is 5.80. The summed E-state index contributed by atoms with van der Waals surface area (Å²) >= 11 is 6.04. The summed E-state index contributed by atoms with van der Waals surface area (Å²) in [5, 5.41) is 2.59. The first-order valence-corrected chi connectivity index (χ1v) is 2.86. The van der Waals surface area contributed by atoms with Gasteiger partial charge in [0.1, 0.15) is 0 Å². The van der Waals surface area contributed by atoms with Crippen LogP contribution in [0.5, 0.6) is 0 Å². The maximum absolute atomic E-state index is 9.24. The molecule has 0 saturated carbocycles. The molecule has 0 rings (SSSR count). The molecule has 0 unspecified atom stereocenters. The van der Waals surface area contributed by atoms with E-state index in [0.717, 1.165) is 6.08 Å². The van der Waals surface area contributed by atoms with Crippen LogP contribution in [0.1, 0.15) is 0 Å². The van der Waals surface area contributed by atoms with Crippen molar-refractivity contribution in [1.29, 1.82) is 0 Å². The first kappa shape index (κ1) is 7.80. The van der Waals surface area contributed by atoms with Crippen LogP contribution >= 0.6 is 34.8 Å². The number of thiocarbonyl (C=S) groups is 1. The van der Waals surface area contributed by atoms with E-state index < -0.39 is 0 Å². The lowest BCUT2D eigenvalue weighted by molar-refractivity contribution is -0.215. The lowest BCUT2D eigenvalue weighted by Gasteiger charge is -1.88. The highest BCUT2D eigenvalue weighted by atomic mass is 127. The van der Waals surface area contributed by atoms with Gasteiger partial charge in [0.15, 0.2) is 0 Å². The number of carbonyl (C=O) groups excluding carboxylic acids is 1. The smallest absolute Gasteiger partial charge is 0.248 e. The normalized spacial score (nSPS) is 6.62. The molecule has 4 nitrogen and oxygen atoms in total. The minimum absolute atomic E-state index is 0.126. The zero-order valence-electron chi connectivity index (χ0n) is 3.46. The Kier molecular flexibility index (Phi) is 4.82. The summed E-state index contributed by atoms with van der Waals surface area (Å²) in [6, 6.07) is 0. The van der Waals surface area contributed by atoms with Crippen LogP contribution in [0.3, 0.4) is 0 Å². The summed E-state index contributed by atoms with van der Waals surface area (Å²) in [7, 11) is 0. The van der Waals surface area contributed by atoms with Crippen LogP contribution < -0.4 is 0 Å². The predicted octanol–water partition coefficient (Wildman–Crippen LogP) is 0.905. The summed E-state index contributed by atoms with van der Waals surface area (Å²) < 4.78 is 0.126. The second-order valence-electron chi connectivity index (χ2n) is 0.578. The van der Waals surface area contributed by atoms with Crippen molar-refractivity contribution < 1.29 is 14.7 Å². The second-order valence-corrected chi connectivity index (χ2v) is 2.66. The second kappa shape index (κ2) is 4.95. The zero-order valence-corrected chi connectivity index (χ0v) is 6.43. The number of halogens is 1. The van der Waals surface area contributed by atoms with Crippen molar-refractivity contribution in [2.45, 2.75) is 0 Å². The lowest BCUT2D eigenvalue weighted by atomic mass is 11.7. The van der Waals surface area contributed by atoms with Crippen LogP contribution in [0.15, 0.2) is 5.16 Å². The van der Waals surface area contributed by atoms with Crippen LogP contribution in [-0.2, 0) is 14.7 Å². The van der Waals surface area contributed by atoms with Crippen molar-refractivity contribution in [1.82, 2.24) is 0 Å². The van der Waals surface area contributed by atoms with Gasteiger partial charge >= 0.3 is 0 Å². The fraction of sp³-hybridized carbons (Fsp3) is 0. The maximum atomic E-state index is 9.24. The molecule has 0 amide bonds. The van der Waals surface area contributed by atoms with Crippen LogP contribution in [0.4, 0.5) is 0 Å². The standard InChI is InChI=1S/C2INO3S/c3-2(8)6-7-4-1-5. The summed E-state index contributed by atoms with van der Waals surface area (Å²) in [5.41, 5.74) is 0. The first-order chi connectivity index (χ1) is 3.77. The van der Waals surface area contributed by atoms with Crippen LogP contribution in [-0.4, -0.2) is 9.14 Å². The number of hydrogen-bond donors (Lipinski definition) is 0. The average molecular weight is 245 g/mol. The SMILES string of the molecule is O=C=NOOC(=S)I. The Labute approximate surface area is 63.9 Å². The summed E-state index contributed by atoms with van der Waals surface area (Å²) in [6.45, 7) is 0. The molecule has 0 bridgehead atoms. The molecule has 8 heavy (non-hydrogen) atoms. The highest BCUT2D eigenvalue weighted by Gasteiger charge is 1.85. The molecule has 0 spiro atoms. The Bertz CT molecular complexity index is 129. The van der Waals surface area contributed by atoms with Gasteiger partial charge in [0.25, 0.3) is 9.14 Å². The van der Waals surface area contributed by atoms with E-state index in [1.165, 1.54) is 0 Å². The van der Waals surface area contributed by atoms with E-state index in [-0.39, 0.29) is 3.06 Å². The van der Waals surface area contributed by atoms with Gasteiger partial charge in [0.2, 0.25) is 0 Å². The third-order valence-corrected chi connectivity index (χ3v) is 0.425. The first-order valence-electron chi connectivity index (χ1n) is 1.37. The molecule has 0 aliphatic carbocycles. The summed E-state index contributed by atoms with van der Waals surface area (Å²) in [4.78, 5) is 17.1. The minimum Gasteiger partial charge on any atom is -0.248 e. The molecule has 0 aromatic heterocycles. The van der Waals surface area contributed by atoms with E-state index in [1.807, 2.05) is 0 Å². The molecular weight excluding hydrogens is 245 g/mol. The van der Waals surface area contributed by atoms with Crippen molar-refractivity contribution in [3.63, 3.8) is 0 Å². The Morgan fingerprint density at radius 3 is 2.88 bits per heavy atom. The van der Waals surface area contributed by atoms with Crippen LogP contribution in [0, 0.1) is 0 Å². The Hall–Kier alpha value is -0.200. The van der Waals surface area contributed by atoms with Crippen LogP contribution in [0.2, 0.25) is 0 Å². The fourth-order valence-corrected chi connectivity index (χ4v) is 0.174. The maximum Gasteiger partial charge on any atom is 0.281 e. The Morgan fingerprint density at radius 1 is 1.88 bits per heavy atom. The molecular formula is C2INO3S. The topological polar surface area (TPSA) is 47.9 Å². The van der Waals surface area contributed by atoms with Gasteiger partial charge in [-0.3, -0.25) is 0 Å². The van der Waals surface area contributed by atoms with E-state index in [0.29, 0.717) is 0 Å². The zero-order chi connectivity index (χ0) is 6.41. The number of hydrogen-bond acceptors (Lipinski definition) is 5. The van der Waals surface area contributed by atoms with Crippen molar-refractivity contribution in [2.24, 2.45) is 5.16 Å². The number of isocyanates is 1. The molecule has 0 atom stereocenters. The van der Waals surface area contributed by atoms with Crippen molar-refractivity contribution >= 4 is 43.9 Å². The fourth-order valence-electron chi connectivity index (χ4n) is 0.0631. The molecule has 0 radical (unpaired) electrons. The van der Waals surface area contributed by atoms with Gasteiger partial charge in [-0.05, 0) is 12.2 Å². The molecule has 6 heteroatoms. The molecule has 0 aliphatic heterocycles. The number of rotatable bonds is 2. The van der Waals surface area contributed by atoms with Gasteiger partial charge in [-0.25, -0.2) is 9.68 Å². The summed E-state index contributed by atoms with van der Waals surface area (Å²) in [5.74, 6) is 0. The van der Waals surface area contributed by atoms with Gasteiger partial charge < -0.3 is 0 Å². The van der Waals surface area contributed by atoms with Gasteiger partial charge in [-0.2, -0.15) is 4.99 Å². The van der Waals surface area contributed by atoms with E-state index in [1.54, 1.807) is 22.6 Å². The molecule has 0 aromatic rings. The Morgan fingerprint density at radius 2 is 2.50 bits per heavy atom. The highest BCUT2D eigenvalue weighted by molar-refractivity contribution is 14.1. The van der Waals surface area contributed by atoms with E-state index in [2.05, 4.69) is 27.2 Å². The largest absolute Gasteiger partial charge is 0.281 e. The van der Waals surface area contributed by atoms with Crippen LogP contribution in [0.25, 0.3) is 0 Å². The third-order valence-electron chi connectivity index (χ3n) is 0.177. The molecule has 0 N–H and O–H groups in total. The van der Waals surface area contributed by atoms with Gasteiger partial charge in [-0.1, -0.05) is 0 Å². The lowest BCUT2D eigenvalue weighted by Crippen LogP contribution is -1.87. The molecule has 0 saturated heterocycles. The van der Waals surface area contributed by atoms with E-state index in [9.17, 15) is 4.79 Å². The number of nitrogens with zero attached hydrogens (tertiary/aromatic N) is 1. The molecule has 0 aromatic carbocycles. The monoisotopic (exact) mass is 245 g/mol. The molecule has 0 fully saturated rings. The Balaban J connectivity index is 3.18. The van der Waals surface area contributed by atoms with Crippen molar-refractivity contribution in [3.05, 3.63) is 0 Å². The highest BCUT2D eigenvalue weighted by Crippen LogP contribution is 1.92. The molecule has 0 aliphatic rings. The van der Waals surface area contributed by atoms with Gasteiger partial charge in [0, 0.05) is 22.6 Å². The van der Waals surface area contributed by atoms with Crippen molar-refractivity contribution in [2.75, 3.05) is 0 Å². The van der Waals surface area contributed by atoms with Gasteiger partial charge in [-0.15, -0.1) is 0 Å². The van der Waals surface area contributed by atoms with E-state index >= 15 is 0 Å². The molecule has 44 valence electrons. The van der Waals surface area contributed by atoms with E-state index in [4.69, 9.17) is 0 Å². The minimum atomic E-state index is 0.126. The summed E-state index contributed by atoms with van der Waals surface area (Å²) in [6.07, 6.45) is 1.09. The van der Waals surface area contributed by atoms with Crippen molar-refractivity contribution in [3.8, 4) is 0 Å². The quantitative estimate of drug-likeness (QED) is 0.138.